The van der Waals surface area contributed by atoms with E-state index in [0.29, 0.717) is 5.82 Å². The van der Waals surface area contributed by atoms with Gasteiger partial charge in [0.05, 0.1) is 12.0 Å². The van der Waals surface area contributed by atoms with Crippen LogP contribution in [0, 0.1) is 11.8 Å². The number of nitrogens with two attached hydrogens (primary N) is 1. The van der Waals surface area contributed by atoms with Gasteiger partial charge >= 0.3 is 12.2 Å². The van der Waals surface area contributed by atoms with Crippen molar-refractivity contribution in [3.63, 3.8) is 0 Å². The molecule has 3 rings (SSSR count). The second-order valence-corrected chi connectivity index (χ2v) is 7.13. The number of amides is 2. The van der Waals surface area contributed by atoms with Crippen molar-refractivity contribution in [2.45, 2.75) is 51.4 Å². The molecule has 1 aromatic heterocycles. The number of likely N-dealkylation sites (tertiary alicyclic amines) is 1. The second-order valence-electron chi connectivity index (χ2n) is 7.13. The van der Waals surface area contributed by atoms with E-state index in [0.717, 1.165) is 31.6 Å². The molecule has 2 aliphatic rings. The van der Waals surface area contributed by atoms with Crippen molar-refractivity contribution in [1.82, 2.24) is 25.0 Å². The zero-order valence-electron chi connectivity index (χ0n) is 14.8. The molecule has 0 spiro atoms. The van der Waals surface area contributed by atoms with Gasteiger partial charge in [-0.15, -0.1) is 10.2 Å². The standard InChI is InChI=1S/C16H25F3N6O/c1-10(14-23-22-13-4-2-3-6-25(13)14)21-15(26)24-7-5-12(16(17,18)19)11(8-20)9-24/h10-12H,2-9,20H2,1H3,(H,21,26). The predicted octanol–water partition coefficient (Wildman–Crippen LogP) is 1.84. The van der Waals surface area contributed by atoms with Crippen molar-refractivity contribution >= 4 is 6.03 Å². The van der Waals surface area contributed by atoms with Crippen LogP contribution in [-0.2, 0) is 13.0 Å². The summed E-state index contributed by atoms with van der Waals surface area (Å²) in [6.45, 7) is 2.62. The molecule has 1 fully saturated rings. The number of nitrogens with zero attached hydrogens (tertiary/aromatic N) is 4. The van der Waals surface area contributed by atoms with Gasteiger partial charge in [0.1, 0.15) is 5.82 Å². The maximum Gasteiger partial charge on any atom is 0.392 e. The Labute approximate surface area is 150 Å². The first-order chi connectivity index (χ1) is 12.3. The van der Waals surface area contributed by atoms with E-state index >= 15 is 0 Å². The third kappa shape index (κ3) is 3.79. The van der Waals surface area contributed by atoms with Crippen molar-refractivity contribution in [3.8, 4) is 0 Å². The highest BCUT2D eigenvalue weighted by Gasteiger charge is 2.47. The molecule has 1 aromatic rings. The SMILES string of the molecule is CC(NC(=O)N1CCC(C(F)(F)F)C(CN)C1)c1nnc2n1CCCC2. The minimum Gasteiger partial charge on any atom is -0.330 e. The topological polar surface area (TPSA) is 89.1 Å². The maximum atomic E-state index is 13.1. The number of piperidine rings is 1. The number of carbonyl (C=O) groups excluding carboxylic acids is 1. The first kappa shape index (κ1) is 18.9. The zero-order valence-corrected chi connectivity index (χ0v) is 14.8. The molecule has 26 heavy (non-hydrogen) atoms. The molecule has 146 valence electrons. The van der Waals surface area contributed by atoms with E-state index in [1.807, 2.05) is 11.5 Å². The van der Waals surface area contributed by atoms with Gasteiger partial charge in [-0.2, -0.15) is 13.2 Å². The van der Waals surface area contributed by atoms with Crippen molar-refractivity contribution in [1.29, 1.82) is 0 Å². The van der Waals surface area contributed by atoms with Crippen molar-refractivity contribution in [2.24, 2.45) is 17.6 Å². The molecule has 7 nitrogen and oxygen atoms in total. The number of aromatic nitrogens is 3. The molecular formula is C16H25F3N6O. The van der Waals surface area contributed by atoms with E-state index in [1.165, 1.54) is 4.90 Å². The summed E-state index contributed by atoms with van der Waals surface area (Å²) in [5, 5.41) is 11.2. The summed E-state index contributed by atoms with van der Waals surface area (Å²) in [4.78, 5) is 13.9. The summed E-state index contributed by atoms with van der Waals surface area (Å²) >= 11 is 0. The Kier molecular flexibility index (Phi) is 5.40. The number of urea groups is 1. The number of alkyl halides is 3. The Hall–Kier alpha value is -1.84. The fourth-order valence-electron chi connectivity index (χ4n) is 3.88. The lowest BCUT2D eigenvalue weighted by Gasteiger charge is -2.39. The molecule has 3 atom stereocenters. The third-order valence-electron chi connectivity index (χ3n) is 5.36. The zero-order chi connectivity index (χ0) is 18.9. The second kappa shape index (κ2) is 7.42. The van der Waals surface area contributed by atoms with Gasteiger partial charge in [-0.25, -0.2) is 4.79 Å². The minimum absolute atomic E-state index is 0.0111. The van der Waals surface area contributed by atoms with E-state index in [4.69, 9.17) is 5.73 Å². The Bertz CT molecular complexity index is 646. The largest absolute Gasteiger partial charge is 0.392 e. The number of fused-ring (bicyclic) bond motifs is 1. The molecule has 1 saturated heterocycles. The van der Waals surface area contributed by atoms with E-state index in [9.17, 15) is 18.0 Å². The minimum atomic E-state index is -4.28. The first-order valence-corrected chi connectivity index (χ1v) is 9.05. The highest BCUT2D eigenvalue weighted by atomic mass is 19.4. The summed E-state index contributed by atoms with van der Waals surface area (Å²) in [6, 6.07) is -0.747. The van der Waals surface area contributed by atoms with E-state index in [-0.39, 0.29) is 38.1 Å². The molecule has 0 aliphatic carbocycles. The fraction of sp³-hybridized carbons (Fsp3) is 0.812. The molecule has 3 N–H and O–H groups in total. The van der Waals surface area contributed by atoms with Crippen LogP contribution in [0.3, 0.4) is 0 Å². The number of rotatable bonds is 3. The van der Waals surface area contributed by atoms with Crippen LogP contribution >= 0.6 is 0 Å². The number of carbonyl (C=O) groups is 1. The molecule has 0 radical (unpaired) electrons. The third-order valence-corrected chi connectivity index (χ3v) is 5.36. The van der Waals surface area contributed by atoms with Gasteiger partial charge in [-0.05, 0) is 32.7 Å². The van der Waals surface area contributed by atoms with Gasteiger partial charge in [0, 0.05) is 32.0 Å². The van der Waals surface area contributed by atoms with Gasteiger partial charge < -0.3 is 20.5 Å². The Balaban J connectivity index is 1.62. The van der Waals surface area contributed by atoms with Crippen LogP contribution in [0.25, 0.3) is 0 Å². The van der Waals surface area contributed by atoms with Gasteiger partial charge in [0.25, 0.3) is 0 Å². The highest BCUT2D eigenvalue weighted by Crippen LogP contribution is 2.37. The number of hydrogen-bond donors (Lipinski definition) is 2. The Morgan fingerprint density at radius 1 is 1.35 bits per heavy atom. The summed E-state index contributed by atoms with van der Waals surface area (Å²) in [5.74, 6) is -0.613. The lowest BCUT2D eigenvalue weighted by molar-refractivity contribution is -0.197. The lowest BCUT2D eigenvalue weighted by atomic mass is 9.85. The molecule has 2 amide bonds. The van der Waals surface area contributed by atoms with Crippen LogP contribution < -0.4 is 11.1 Å². The summed E-state index contributed by atoms with van der Waals surface area (Å²) in [7, 11) is 0. The molecule has 0 saturated carbocycles. The van der Waals surface area contributed by atoms with Crippen LogP contribution in [0.1, 0.15) is 43.9 Å². The monoisotopic (exact) mass is 374 g/mol. The number of hydrogen-bond acceptors (Lipinski definition) is 4. The average Bonchev–Trinajstić information content (AvgIpc) is 3.04. The first-order valence-electron chi connectivity index (χ1n) is 9.05. The average molecular weight is 374 g/mol. The van der Waals surface area contributed by atoms with Crippen molar-refractivity contribution in [2.75, 3.05) is 19.6 Å². The smallest absolute Gasteiger partial charge is 0.330 e. The number of aryl methyl sites for hydroxylation is 1. The van der Waals surface area contributed by atoms with E-state index in [2.05, 4.69) is 15.5 Å². The van der Waals surface area contributed by atoms with Gasteiger partial charge in [-0.3, -0.25) is 0 Å². The predicted molar refractivity (Wildman–Crippen MR) is 88.2 cm³/mol. The number of nitrogens with one attached hydrogen (secondary N) is 1. The van der Waals surface area contributed by atoms with Gasteiger partial charge in [0.2, 0.25) is 0 Å². The van der Waals surface area contributed by atoms with E-state index in [1.54, 1.807) is 0 Å². The van der Waals surface area contributed by atoms with Crippen LogP contribution in [0.4, 0.5) is 18.0 Å². The molecule has 10 heteroatoms. The van der Waals surface area contributed by atoms with Crippen LogP contribution in [0.15, 0.2) is 0 Å². The molecule has 2 aliphatic heterocycles. The Morgan fingerprint density at radius 2 is 2.12 bits per heavy atom. The van der Waals surface area contributed by atoms with Gasteiger partial charge in [0.15, 0.2) is 5.82 Å². The number of halogens is 3. The summed E-state index contributed by atoms with van der Waals surface area (Å²) in [6.07, 6.45) is -1.40. The summed E-state index contributed by atoms with van der Waals surface area (Å²) < 4.78 is 41.2. The van der Waals surface area contributed by atoms with Crippen molar-refractivity contribution in [3.05, 3.63) is 11.6 Å². The molecule has 3 unspecified atom stereocenters. The molecular weight excluding hydrogens is 349 g/mol. The molecule has 0 bridgehead atoms. The van der Waals surface area contributed by atoms with Crippen LogP contribution in [0.5, 0.6) is 0 Å². The normalized spacial score (nSPS) is 24.9. The Morgan fingerprint density at radius 3 is 2.81 bits per heavy atom. The fourth-order valence-corrected chi connectivity index (χ4v) is 3.88. The van der Waals surface area contributed by atoms with E-state index < -0.39 is 18.0 Å². The van der Waals surface area contributed by atoms with Crippen molar-refractivity contribution < 1.29 is 18.0 Å². The summed E-state index contributed by atoms with van der Waals surface area (Å²) in [5.41, 5.74) is 5.53. The molecule has 3 heterocycles. The highest BCUT2D eigenvalue weighted by molar-refractivity contribution is 5.74. The molecule has 0 aromatic carbocycles. The maximum absolute atomic E-state index is 13.1. The van der Waals surface area contributed by atoms with Crippen LogP contribution in [-0.4, -0.2) is 51.5 Å². The lowest BCUT2D eigenvalue weighted by Crippen LogP contribution is -2.53. The van der Waals surface area contributed by atoms with Crippen LogP contribution in [0.2, 0.25) is 0 Å². The van der Waals surface area contributed by atoms with Gasteiger partial charge in [-0.1, -0.05) is 0 Å². The quantitative estimate of drug-likeness (QED) is 0.845.